The Hall–Kier alpha value is -0.190. The fourth-order valence-corrected chi connectivity index (χ4v) is 3.40. The Morgan fingerprint density at radius 2 is 1.33 bits per heavy atom. The molecule has 2 aliphatic rings. The second-order valence-electron chi connectivity index (χ2n) is 5.65. The van der Waals surface area contributed by atoms with Crippen LogP contribution >= 0.6 is 12.2 Å². The molecule has 0 aliphatic heterocycles. The average Bonchev–Trinajstić information content (AvgIpc) is 2.40. The third kappa shape index (κ3) is 3.90. The molecule has 0 heterocycles. The minimum Gasteiger partial charge on any atom is -0.393 e. The quantitative estimate of drug-likeness (QED) is 0.799. The first kappa shape index (κ1) is 14.2. The maximum absolute atomic E-state index is 6.21. The van der Waals surface area contributed by atoms with Gasteiger partial charge < -0.3 is 15.2 Å². The van der Waals surface area contributed by atoms with Crippen LogP contribution in [0.25, 0.3) is 0 Å². The van der Waals surface area contributed by atoms with E-state index in [1.54, 1.807) is 0 Å². The maximum Gasteiger partial charge on any atom is 0.0758 e. The lowest BCUT2D eigenvalue weighted by Gasteiger charge is -2.34. The van der Waals surface area contributed by atoms with Crippen LogP contribution in [0.5, 0.6) is 0 Å². The van der Waals surface area contributed by atoms with Crippen molar-refractivity contribution in [2.75, 3.05) is 7.11 Å². The van der Waals surface area contributed by atoms with Gasteiger partial charge in [-0.3, -0.25) is 0 Å². The van der Waals surface area contributed by atoms with Crippen molar-refractivity contribution in [3.8, 4) is 0 Å². The van der Waals surface area contributed by atoms with Crippen LogP contribution in [0.1, 0.15) is 51.4 Å². The molecule has 0 aromatic carbocycles. The van der Waals surface area contributed by atoms with Gasteiger partial charge >= 0.3 is 0 Å². The maximum atomic E-state index is 6.21. The minimum atomic E-state index is 0.430. The predicted octanol–water partition coefficient (Wildman–Crippen LogP) is 2.81. The van der Waals surface area contributed by atoms with E-state index in [1.165, 1.54) is 0 Å². The summed E-state index contributed by atoms with van der Waals surface area (Å²) in [6.07, 6.45) is 10.4. The third-order valence-electron chi connectivity index (χ3n) is 4.42. The normalized spacial score (nSPS) is 37.4. The van der Waals surface area contributed by atoms with Gasteiger partial charge in [0.05, 0.1) is 23.3 Å². The average molecular weight is 271 g/mol. The van der Waals surface area contributed by atoms with Crippen molar-refractivity contribution < 1.29 is 9.47 Å². The molecule has 0 radical (unpaired) electrons. The highest BCUT2D eigenvalue weighted by atomic mass is 32.1. The number of thiocarbonyl (C=S) groups is 1. The zero-order chi connectivity index (χ0) is 13.0. The molecule has 18 heavy (non-hydrogen) atoms. The molecule has 0 aromatic rings. The number of nitrogens with two attached hydrogens (primary N) is 1. The van der Waals surface area contributed by atoms with E-state index in [0.717, 1.165) is 51.4 Å². The molecule has 3 nitrogen and oxygen atoms in total. The summed E-state index contributed by atoms with van der Waals surface area (Å²) in [4.78, 5) is 0.689. The topological polar surface area (TPSA) is 44.5 Å². The standard InChI is InChI=1S/C14H25NO2S/c1-16-11-6-8-13(9-7-11)17-12-4-2-10(3-5-12)14(15)18/h10-13H,2-9H2,1H3,(H2,15,18). The van der Waals surface area contributed by atoms with E-state index in [4.69, 9.17) is 27.4 Å². The van der Waals surface area contributed by atoms with Crippen LogP contribution in [0, 0.1) is 5.92 Å². The number of hydrogen-bond donors (Lipinski definition) is 1. The van der Waals surface area contributed by atoms with Crippen LogP contribution in [0.4, 0.5) is 0 Å². The molecular formula is C14H25NO2S. The van der Waals surface area contributed by atoms with Crippen molar-refractivity contribution in [1.29, 1.82) is 0 Å². The van der Waals surface area contributed by atoms with Crippen molar-refractivity contribution >= 4 is 17.2 Å². The minimum absolute atomic E-state index is 0.430. The highest BCUT2D eigenvalue weighted by Gasteiger charge is 2.27. The molecule has 0 atom stereocenters. The molecule has 104 valence electrons. The van der Waals surface area contributed by atoms with E-state index in [9.17, 15) is 0 Å². The van der Waals surface area contributed by atoms with E-state index in [0.29, 0.717) is 29.2 Å². The smallest absolute Gasteiger partial charge is 0.0758 e. The van der Waals surface area contributed by atoms with E-state index < -0.39 is 0 Å². The van der Waals surface area contributed by atoms with E-state index in [1.807, 2.05) is 7.11 Å². The van der Waals surface area contributed by atoms with Crippen LogP contribution in [0.15, 0.2) is 0 Å². The summed E-state index contributed by atoms with van der Waals surface area (Å²) < 4.78 is 11.6. The van der Waals surface area contributed by atoms with Gasteiger partial charge in [-0.25, -0.2) is 0 Å². The molecule has 2 aliphatic carbocycles. The third-order valence-corrected chi connectivity index (χ3v) is 4.75. The number of methoxy groups -OCH3 is 1. The summed E-state index contributed by atoms with van der Waals surface area (Å²) >= 11 is 5.06. The number of rotatable bonds is 4. The SMILES string of the molecule is COC1CCC(OC2CCC(C(N)=S)CC2)CC1. The summed E-state index contributed by atoms with van der Waals surface area (Å²) in [6.45, 7) is 0. The number of hydrogen-bond acceptors (Lipinski definition) is 3. The first-order valence-corrected chi connectivity index (χ1v) is 7.57. The molecule has 2 fully saturated rings. The molecule has 2 saturated carbocycles. The summed E-state index contributed by atoms with van der Waals surface area (Å²) in [6, 6.07) is 0. The van der Waals surface area contributed by atoms with Gasteiger partial charge in [-0.1, -0.05) is 12.2 Å². The van der Waals surface area contributed by atoms with Gasteiger partial charge in [-0.05, 0) is 51.4 Å². The Morgan fingerprint density at radius 1 is 0.889 bits per heavy atom. The lowest BCUT2D eigenvalue weighted by molar-refractivity contribution is -0.0673. The van der Waals surface area contributed by atoms with Crippen molar-refractivity contribution in [3.05, 3.63) is 0 Å². The van der Waals surface area contributed by atoms with E-state index >= 15 is 0 Å². The van der Waals surface area contributed by atoms with Gasteiger partial charge in [0.1, 0.15) is 0 Å². The first-order chi connectivity index (χ1) is 8.69. The van der Waals surface area contributed by atoms with Crippen LogP contribution < -0.4 is 5.73 Å². The van der Waals surface area contributed by atoms with Crippen LogP contribution in [0.3, 0.4) is 0 Å². The molecule has 0 bridgehead atoms. The van der Waals surface area contributed by atoms with Gasteiger partial charge in [-0.15, -0.1) is 0 Å². The Morgan fingerprint density at radius 3 is 1.78 bits per heavy atom. The summed E-state index contributed by atoms with van der Waals surface area (Å²) in [5.41, 5.74) is 5.70. The second kappa shape index (κ2) is 6.83. The van der Waals surface area contributed by atoms with E-state index in [-0.39, 0.29) is 0 Å². The zero-order valence-corrected chi connectivity index (χ0v) is 12.1. The Kier molecular flexibility index (Phi) is 5.39. The fourth-order valence-electron chi connectivity index (χ4n) is 3.16. The van der Waals surface area contributed by atoms with Crippen molar-refractivity contribution in [2.24, 2.45) is 11.7 Å². The monoisotopic (exact) mass is 271 g/mol. The lowest BCUT2D eigenvalue weighted by Crippen LogP contribution is -2.33. The van der Waals surface area contributed by atoms with Gasteiger partial charge in [0.2, 0.25) is 0 Å². The Balaban J connectivity index is 1.67. The summed E-state index contributed by atoms with van der Waals surface area (Å²) in [5, 5.41) is 0. The van der Waals surface area contributed by atoms with Crippen molar-refractivity contribution in [2.45, 2.75) is 69.7 Å². The van der Waals surface area contributed by atoms with Crippen LogP contribution in [-0.4, -0.2) is 30.4 Å². The summed E-state index contributed by atoms with van der Waals surface area (Å²) in [7, 11) is 1.81. The molecule has 0 aromatic heterocycles. The molecule has 2 N–H and O–H groups in total. The van der Waals surface area contributed by atoms with Gasteiger partial charge in [0, 0.05) is 13.0 Å². The Labute approximate surface area is 115 Å². The molecular weight excluding hydrogens is 246 g/mol. The van der Waals surface area contributed by atoms with Crippen LogP contribution in [-0.2, 0) is 9.47 Å². The zero-order valence-electron chi connectivity index (χ0n) is 11.3. The lowest BCUT2D eigenvalue weighted by atomic mass is 9.87. The molecule has 4 heteroatoms. The van der Waals surface area contributed by atoms with Crippen molar-refractivity contribution in [1.82, 2.24) is 0 Å². The molecule has 0 unspecified atom stereocenters. The van der Waals surface area contributed by atoms with Gasteiger partial charge in [0.15, 0.2) is 0 Å². The highest BCUT2D eigenvalue weighted by Crippen LogP contribution is 2.30. The van der Waals surface area contributed by atoms with Gasteiger partial charge in [-0.2, -0.15) is 0 Å². The highest BCUT2D eigenvalue weighted by molar-refractivity contribution is 7.80. The number of ether oxygens (including phenoxy) is 2. The first-order valence-electron chi connectivity index (χ1n) is 7.16. The Bertz CT molecular complexity index is 269. The van der Waals surface area contributed by atoms with E-state index in [2.05, 4.69) is 0 Å². The van der Waals surface area contributed by atoms with Crippen molar-refractivity contribution in [3.63, 3.8) is 0 Å². The largest absolute Gasteiger partial charge is 0.393 e. The molecule has 2 rings (SSSR count). The molecule has 0 spiro atoms. The van der Waals surface area contributed by atoms with Gasteiger partial charge in [0.25, 0.3) is 0 Å². The predicted molar refractivity (Wildman–Crippen MR) is 76.7 cm³/mol. The summed E-state index contributed by atoms with van der Waals surface area (Å²) in [5.74, 6) is 0.448. The molecule has 0 saturated heterocycles. The fraction of sp³-hybridized carbons (Fsp3) is 0.929. The van der Waals surface area contributed by atoms with Crippen LogP contribution in [0.2, 0.25) is 0 Å². The second-order valence-corrected chi connectivity index (χ2v) is 6.12. The molecule has 0 amide bonds.